The van der Waals surface area contributed by atoms with Crippen LogP contribution in [0.25, 0.3) is 0 Å². The van der Waals surface area contributed by atoms with E-state index in [4.69, 9.17) is 5.26 Å². The molecule has 0 spiro atoms. The molecule has 0 atom stereocenters. The largest absolute Gasteiger partial charge is 0.338 e. The molecule has 3 heteroatoms. The quantitative estimate of drug-likeness (QED) is 0.624. The van der Waals surface area contributed by atoms with Crippen LogP contribution in [0, 0.1) is 11.3 Å². The Morgan fingerprint density at radius 1 is 1.64 bits per heavy atom. The van der Waals surface area contributed by atoms with Gasteiger partial charge in [-0.2, -0.15) is 5.26 Å². The number of carbonyl (C=O) groups is 1. The van der Waals surface area contributed by atoms with Gasteiger partial charge in [0.1, 0.15) is 0 Å². The van der Waals surface area contributed by atoms with Crippen LogP contribution < -0.4 is 0 Å². The molecular formula is C11H16N2O. The van der Waals surface area contributed by atoms with Crippen LogP contribution in [0.5, 0.6) is 0 Å². The SMILES string of the molecule is C=C/C(=C\C)CN(CCC#N)C(C)=O. The third kappa shape index (κ3) is 4.46. The van der Waals surface area contributed by atoms with Gasteiger partial charge in [-0.1, -0.05) is 18.7 Å². The number of nitriles is 1. The molecule has 0 saturated carbocycles. The Bertz CT molecular complexity index is 274. The topological polar surface area (TPSA) is 44.1 Å². The van der Waals surface area contributed by atoms with Crippen LogP contribution >= 0.6 is 0 Å². The molecule has 0 N–H and O–H groups in total. The molecule has 0 heterocycles. The summed E-state index contributed by atoms with van der Waals surface area (Å²) in [7, 11) is 0. The molecule has 0 aliphatic rings. The third-order valence-corrected chi connectivity index (χ3v) is 1.95. The summed E-state index contributed by atoms with van der Waals surface area (Å²) in [6.07, 6.45) is 4.01. The zero-order chi connectivity index (χ0) is 11.0. The minimum Gasteiger partial charge on any atom is -0.338 e. The molecule has 0 saturated heterocycles. The van der Waals surface area contributed by atoms with Crippen molar-refractivity contribution in [3.63, 3.8) is 0 Å². The summed E-state index contributed by atoms with van der Waals surface area (Å²) in [5.74, 6) is -0.0125. The molecule has 1 amide bonds. The van der Waals surface area contributed by atoms with Crippen LogP contribution in [-0.4, -0.2) is 23.9 Å². The summed E-state index contributed by atoms with van der Waals surface area (Å²) in [6, 6.07) is 2.02. The molecule has 0 aromatic heterocycles. The van der Waals surface area contributed by atoms with Crippen LogP contribution in [-0.2, 0) is 4.79 Å². The number of rotatable bonds is 5. The van der Waals surface area contributed by atoms with Crippen molar-refractivity contribution in [1.29, 1.82) is 5.26 Å². The van der Waals surface area contributed by atoms with Gasteiger partial charge in [-0.25, -0.2) is 0 Å². The molecule has 0 bridgehead atoms. The molecular weight excluding hydrogens is 176 g/mol. The van der Waals surface area contributed by atoms with Crippen LogP contribution in [0.4, 0.5) is 0 Å². The molecule has 0 aliphatic carbocycles. The average Bonchev–Trinajstić information content (AvgIpc) is 2.18. The van der Waals surface area contributed by atoms with Crippen LogP contribution in [0.15, 0.2) is 24.3 Å². The van der Waals surface area contributed by atoms with Gasteiger partial charge in [-0.15, -0.1) is 0 Å². The second-order valence-electron chi connectivity index (χ2n) is 2.92. The van der Waals surface area contributed by atoms with E-state index in [2.05, 4.69) is 6.58 Å². The van der Waals surface area contributed by atoms with E-state index in [0.717, 1.165) is 5.57 Å². The minimum absolute atomic E-state index is 0.0125. The Hall–Kier alpha value is -1.56. The number of hydrogen-bond donors (Lipinski definition) is 0. The summed E-state index contributed by atoms with van der Waals surface area (Å²) in [5, 5.41) is 8.42. The summed E-state index contributed by atoms with van der Waals surface area (Å²) < 4.78 is 0. The number of allylic oxidation sites excluding steroid dienone is 1. The summed E-state index contributed by atoms with van der Waals surface area (Å²) in [6.45, 7) is 8.09. The second kappa shape index (κ2) is 6.90. The molecule has 0 unspecified atom stereocenters. The van der Waals surface area contributed by atoms with E-state index in [0.29, 0.717) is 19.5 Å². The van der Waals surface area contributed by atoms with E-state index in [1.54, 1.807) is 11.0 Å². The fourth-order valence-electron chi connectivity index (χ4n) is 1.03. The number of amides is 1. The van der Waals surface area contributed by atoms with E-state index in [1.807, 2.05) is 19.1 Å². The van der Waals surface area contributed by atoms with Crippen molar-refractivity contribution in [3.05, 3.63) is 24.3 Å². The Balaban J connectivity index is 4.30. The molecule has 0 aliphatic heterocycles. The van der Waals surface area contributed by atoms with E-state index in [9.17, 15) is 4.79 Å². The zero-order valence-corrected chi connectivity index (χ0v) is 8.79. The first-order chi connectivity index (χ1) is 6.65. The maximum absolute atomic E-state index is 11.2. The standard InChI is InChI=1S/C11H16N2O/c1-4-11(5-2)9-13(10(3)14)8-6-7-12/h4-5H,1,6,8-9H2,2-3H3/b11-5+. The highest BCUT2D eigenvalue weighted by Gasteiger charge is 2.08. The molecule has 0 aromatic rings. The highest BCUT2D eigenvalue weighted by molar-refractivity contribution is 5.73. The minimum atomic E-state index is -0.0125. The summed E-state index contributed by atoms with van der Waals surface area (Å²) >= 11 is 0. The van der Waals surface area contributed by atoms with Gasteiger partial charge in [0.2, 0.25) is 5.91 Å². The fourth-order valence-corrected chi connectivity index (χ4v) is 1.03. The van der Waals surface area contributed by atoms with Crippen molar-refractivity contribution in [2.75, 3.05) is 13.1 Å². The lowest BCUT2D eigenvalue weighted by atomic mass is 10.2. The van der Waals surface area contributed by atoms with E-state index >= 15 is 0 Å². The van der Waals surface area contributed by atoms with Crippen molar-refractivity contribution in [3.8, 4) is 6.07 Å². The first-order valence-corrected chi connectivity index (χ1v) is 4.55. The predicted molar refractivity (Wildman–Crippen MR) is 56.4 cm³/mol. The number of carbonyl (C=O) groups excluding carboxylic acids is 1. The lowest BCUT2D eigenvalue weighted by molar-refractivity contribution is -0.128. The summed E-state index contributed by atoms with van der Waals surface area (Å²) in [4.78, 5) is 12.8. The van der Waals surface area contributed by atoms with Gasteiger partial charge in [0, 0.05) is 20.0 Å². The van der Waals surface area contributed by atoms with E-state index in [-0.39, 0.29) is 5.91 Å². The maximum Gasteiger partial charge on any atom is 0.219 e. The Labute approximate surface area is 85.3 Å². The monoisotopic (exact) mass is 192 g/mol. The van der Waals surface area contributed by atoms with Crippen molar-refractivity contribution in [2.24, 2.45) is 0 Å². The highest BCUT2D eigenvalue weighted by atomic mass is 16.2. The van der Waals surface area contributed by atoms with Gasteiger partial charge in [-0.3, -0.25) is 4.79 Å². The number of hydrogen-bond acceptors (Lipinski definition) is 2. The normalized spacial score (nSPS) is 10.5. The van der Waals surface area contributed by atoms with Gasteiger partial charge in [0.05, 0.1) is 12.5 Å². The van der Waals surface area contributed by atoms with Gasteiger partial charge in [0.25, 0.3) is 0 Å². The Morgan fingerprint density at radius 2 is 2.29 bits per heavy atom. The average molecular weight is 192 g/mol. The molecule has 0 radical (unpaired) electrons. The third-order valence-electron chi connectivity index (χ3n) is 1.95. The van der Waals surface area contributed by atoms with Gasteiger partial charge >= 0.3 is 0 Å². The van der Waals surface area contributed by atoms with Gasteiger partial charge in [-0.05, 0) is 12.5 Å². The smallest absolute Gasteiger partial charge is 0.219 e. The number of nitrogens with zero attached hydrogens (tertiary/aromatic N) is 2. The van der Waals surface area contributed by atoms with Crippen LogP contribution in [0.3, 0.4) is 0 Å². The Kier molecular flexibility index (Phi) is 6.13. The maximum atomic E-state index is 11.2. The van der Waals surface area contributed by atoms with Crippen molar-refractivity contribution >= 4 is 5.91 Å². The van der Waals surface area contributed by atoms with Crippen molar-refractivity contribution < 1.29 is 4.79 Å². The molecule has 0 rings (SSSR count). The molecule has 0 aromatic carbocycles. The first-order valence-electron chi connectivity index (χ1n) is 4.55. The molecule has 76 valence electrons. The van der Waals surface area contributed by atoms with E-state index in [1.165, 1.54) is 6.92 Å². The zero-order valence-electron chi connectivity index (χ0n) is 8.79. The highest BCUT2D eigenvalue weighted by Crippen LogP contribution is 2.02. The van der Waals surface area contributed by atoms with Crippen LogP contribution in [0.1, 0.15) is 20.3 Å². The molecule has 0 fully saturated rings. The predicted octanol–water partition coefficient (Wildman–Crippen LogP) is 1.88. The lowest BCUT2D eigenvalue weighted by Gasteiger charge is -2.20. The van der Waals surface area contributed by atoms with Crippen molar-refractivity contribution in [2.45, 2.75) is 20.3 Å². The van der Waals surface area contributed by atoms with E-state index < -0.39 is 0 Å². The lowest BCUT2D eigenvalue weighted by Crippen LogP contribution is -2.31. The second-order valence-corrected chi connectivity index (χ2v) is 2.92. The summed E-state index contributed by atoms with van der Waals surface area (Å²) in [5.41, 5.74) is 0.998. The Morgan fingerprint density at radius 3 is 2.64 bits per heavy atom. The van der Waals surface area contributed by atoms with Crippen molar-refractivity contribution in [1.82, 2.24) is 4.90 Å². The van der Waals surface area contributed by atoms with Crippen LogP contribution in [0.2, 0.25) is 0 Å². The van der Waals surface area contributed by atoms with Gasteiger partial charge in [0.15, 0.2) is 0 Å². The molecule has 3 nitrogen and oxygen atoms in total. The first kappa shape index (κ1) is 12.4. The van der Waals surface area contributed by atoms with Gasteiger partial charge < -0.3 is 4.90 Å². The fraction of sp³-hybridized carbons (Fsp3) is 0.455. The molecule has 14 heavy (non-hydrogen) atoms.